The Balaban J connectivity index is 1.91. The van der Waals surface area contributed by atoms with E-state index in [0.717, 1.165) is 40.7 Å². The lowest BCUT2D eigenvalue weighted by Gasteiger charge is -2.10. The van der Waals surface area contributed by atoms with Crippen molar-refractivity contribution in [1.82, 2.24) is 9.97 Å². The van der Waals surface area contributed by atoms with E-state index in [1.807, 2.05) is 43.6 Å². The van der Waals surface area contributed by atoms with Gasteiger partial charge in [-0.25, -0.2) is 0 Å². The van der Waals surface area contributed by atoms with Crippen LogP contribution >= 0.6 is 0 Å². The van der Waals surface area contributed by atoms with Gasteiger partial charge >= 0.3 is 0 Å². The van der Waals surface area contributed by atoms with Gasteiger partial charge in [0.2, 0.25) is 5.56 Å². The van der Waals surface area contributed by atoms with Crippen molar-refractivity contribution in [3.8, 4) is 11.1 Å². The molecule has 0 spiro atoms. The number of nitrogens with zero attached hydrogens (tertiary/aromatic N) is 1. The van der Waals surface area contributed by atoms with Crippen LogP contribution in [0.3, 0.4) is 0 Å². The molecule has 1 aromatic carbocycles. The number of fused-ring (bicyclic) bond motifs is 1. The standard InChI is InChI=1S/C22H23N3O/c1-3-6-16(7-4-2)13-24-18-12-17(14-23-15-18)19-8-5-9-21-20(19)10-11-22(26)25-21/h3,5-12,14-15,24H,4,13H2,1-2H3,(H,25,26)/b6-3-,16-7+. The minimum atomic E-state index is -0.0950. The van der Waals surface area contributed by atoms with Crippen LogP contribution in [0, 0.1) is 0 Å². The number of rotatable bonds is 6. The minimum absolute atomic E-state index is 0.0950. The topological polar surface area (TPSA) is 57.8 Å². The summed E-state index contributed by atoms with van der Waals surface area (Å²) in [7, 11) is 0. The molecule has 3 rings (SSSR count). The van der Waals surface area contributed by atoms with E-state index in [-0.39, 0.29) is 5.56 Å². The van der Waals surface area contributed by atoms with Gasteiger partial charge in [0.15, 0.2) is 0 Å². The molecule has 4 heteroatoms. The fourth-order valence-electron chi connectivity index (χ4n) is 3.00. The van der Waals surface area contributed by atoms with Gasteiger partial charge in [0.25, 0.3) is 0 Å². The number of hydrogen-bond acceptors (Lipinski definition) is 3. The lowest BCUT2D eigenvalue weighted by Crippen LogP contribution is -2.04. The first kappa shape index (κ1) is 17.7. The zero-order valence-corrected chi connectivity index (χ0v) is 15.1. The zero-order valence-electron chi connectivity index (χ0n) is 15.1. The Labute approximate surface area is 153 Å². The van der Waals surface area contributed by atoms with E-state index in [1.54, 1.807) is 6.07 Å². The Bertz CT molecular complexity index is 1020. The highest BCUT2D eigenvalue weighted by molar-refractivity contribution is 5.94. The quantitative estimate of drug-likeness (QED) is 0.624. The molecule has 0 radical (unpaired) electrons. The molecule has 26 heavy (non-hydrogen) atoms. The van der Waals surface area contributed by atoms with Gasteiger partial charge in [0.1, 0.15) is 0 Å². The Morgan fingerprint density at radius 3 is 2.92 bits per heavy atom. The van der Waals surface area contributed by atoms with Crippen LogP contribution in [0.4, 0.5) is 5.69 Å². The van der Waals surface area contributed by atoms with Gasteiger partial charge in [-0.15, -0.1) is 0 Å². The number of H-pyrrole nitrogens is 1. The molecule has 0 saturated carbocycles. The van der Waals surface area contributed by atoms with Crippen LogP contribution in [-0.2, 0) is 0 Å². The smallest absolute Gasteiger partial charge is 0.248 e. The number of aromatic nitrogens is 2. The van der Waals surface area contributed by atoms with Crippen molar-refractivity contribution < 1.29 is 0 Å². The molecular formula is C22H23N3O. The first-order valence-corrected chi connectivity index (χ1v) is 8.84. The summed E-state index contributed by atoms with van der Waals surface area (Å²) >= 11 is 0. The van der Waals surface area contributed by atoms with Crippen LogP contribution in [0.2, 0.25) is 0 Å². The first-order chi connectivity index (χ1) is 12.7. The number of pyridine rings is 2. The molecule has 2 aromatic heterocycles. The third-order valence-corrected chi connectivity index (χ3v) is 4.16. The second-order valence-electron chi connectivity index (χ2n) is 6.09. The third-order valence-electron chi connectivity index (χ3n) is 4.16. The molecule has 0 saturated heterocycles. The molecule has 3 aromatic rings. The molecule has 2 heterocycles. The van der Waals surface area contributed by atoms with Gasteiger partial charge in [-0.05, 0) is 42.7 Å². The van der Waals surface area contributed by atoms with Crippen molar-refractivity contribution in [2.75, 3.05) is 11.9 Å². The maximum Gasteiger partial charge on any atom is 0.248 e. The maximum atomic E-state index is 11.6. The number of aromatic amines is 1. The van der Waals surface area contributed by atoms with Crippen molar-refractivity contribution in [2.24, 2.45) is 0 Å². The van der Waals surface area contributed by atoms with Gasteiger partial charge in [-0.2, -0.15) is 0 Å². The number of nitrogens with one attached hydrogen (secondary N) is 2. The largest absolute Gasteiger partial charge is 0.380 e. The van der Waals surface area contributed by atoms with E-state index in [1.165, 1.54) is 5.57 Å². The van der Waals surface area contributed by atoms with Crippen LogP contribution in [0.25, 0.3) is 22.0 Å². The molecule has 132 valence electrons. The lowest BCUT2D eigenvalue weighted by molar-refractivity contribution is 1.15. The molecular weight excluding hydrogens is 322 g/mol. The SMILES string of the molecule is C/C=C\C(=C/CC)CNc1cncc(-c2cccc3[nH]c(=O)ccc23)c1. The van der Waals surface area contributed by atoms with Crippen molar-refractivity contribution in [3.05, 3.63) is 82.9 Å². The predicted molar refractivity (Wildman–Crippen MR) is 109 cm³/mol. The summed E-state index contributed by atoms with van der Waals surface area (Å²) < 4.78 is 0. The summed E-state index contributed by atoms with van der Waals surface area (Å²) in [6.45, 7) is 4.92. The Morgan fingerprint density at radius 1 is 1.23 bits per heavy atom. The number of anilines is 1. The molecule has 4 nitrogen and oxygen atoms in total. The minimum Gasteiger partial charge on any atom is -0.380 e. The third kappa shape index (κ3) is 4.09. The molecule has 0 aliphatic heterocycles. The van der Waals surface area contributed by atoms with Gasteiger partial charge in [0.05, 0.1) is 5.69 Å². The maximum absolute atomic E-state index is 11.6. The predicted octanol–water partition coefficient (Wildman–Crippen LogP) is 4.91. The van der Waals surface area contributed by atoms with Crippen LogP contribution in [0.5, 0.6) is 0 Å². The van der Waals surface area contributed by atoms with Crippen LogP contribution < -0.4 is 10.9 Å². The fraction of sp³-hybridized carbons (Fsp3) is 0.182. The van der Waals surface area contributed by atoms with E-state index in [4.69, 9.17) is 0 Å². The number of benzene rings is 1. The van der Waals surface area contributed by atoms with E-state index >= 15 is 0 Å². The lowest BCUT2D eigenvalue weighted by atomic mass is 10.0. The summed E-state index contributed by atoms with van der Waals surface area (Å²) in [6, 6.07) is 11.4. The summed E-state index contributed by atoms with van der Waals surface area (Å²) in [4.78, 5) is 18.8. The van der Waals surface area contributed by atoms with E-state index in [9.17, 15) is 4.79 Å². The van der Waals surface area contributed by atoms with Gasteiger partial charge < -0.3 is 10.3 Å². The van der Waals surface area contributed by atoms with Gasteiger partial charge in [0, 0.05) is 41.5 Å². The van der Waals surface area contributed by atoms with E-state index < -0.39 is 0 Å². The first-order valence-electron chi connectivity index (χ1n) is 8.84. The molecule has 2 N–H and O–H groups in total. The summed E-state index contributed by atoms with van der Waals surface area (Å²) in [5, 5.41) is 4.45. The monoisotopic (exact) mass is 345 g/mol. The normalized spacial score (nSPS) is 12.0. The average Bonchev–Trinajstić information content (AvgIpc) is 2.66. The van der Waals surface area contributed by atoms with Crippen molar-refractivity contribution in [1.29, 1.82) is 0 Å². The summed E-state index contributed by atoms with van der Waals surface area (Å²) in [5.41, 5.74) is 5.02. The number of hydrogen-bond donors (Lipinski definition) is 2. The van der Waals surface area contributed by atoms with Crippen molar-refractivity contribution in [2.45, 2.75) is 20.3 Å². The molecule has 0 aliphatic rings. The van der Waals surface area contributed by atoms with Crippen molar-refractivity contribution in [3.63, 3.8) is 0 Å². The Morgan fingerprint density at radius 2 is 2.12 bits per heavy atom. The average molecular weight is 345 g/mol. The second-order valence-corrected chi connectivity index (χ2v) is 6.09. The number of allylic oxidation sites excluding steroid dienone is 2. The Hall–Kier alpha value is -3.14. The zero-order chi connectivity index (χ0) is 18.4. The molecule has 0 amide bonds. The highest BCUT2D eigenvalue weighted by Crippen LogP contribution is 2.28. The van der Waals surface area contributed by atoms with Crippen LogP contribution in [0.15, 0.2) is 77.4 Å². The molecule has 0 unspecified atom stereocenters. The van der Waals surface area contributed by atoms with Crippen LogP contribution in [-0.4, -0.2) is 16.5 Å². The summed E-state index contributed by atoms with van der Waals surface area (Å²) in [5.74, 6) is 0. The van der Waals surface area contributed by atoms with Crippen molar-refractivity contribution >= 4 is 16.6 Å². The molecule has 0 aliphatic carbocycles. The summed E-state index contributed by atoms with van der Waals surface area (Å²) in [6.07, 6.45) is 11.1. The van der Waals surface area contributed by atoms with Crippen LogP contribution in [0.1, 0.15) is 20.3 Å². The van der Waals surface area contributed by atoms with E-state index in [2.05, 4.69) is 46.5 Å². The van der Waals surface area contributed by atoms with Gasteiger partial charge in [-0.3, -0.25) is 9.78 Å². The molecule has 0 atom stereocenters. The highest BCUT2D eigenvalue weighted by atomic mass is 16.1. The van der Waals surface area contributed by atoms with E-state index in [0.29, 0.717) is 0 Å². The fourth-order valence-corrected chi connectivity index (χ4v) is 3.00. The van der Waals surface area contributed by atoms with Gasteiger partial charge in [-0.1, -0.05) is 37.3 Å². The molecule has 0 fully saturated rings. The molecule has 0 bridgehead atoms. The Kier molecular flexibility index (Phi) is 5.64. The highest BCUT2D eigenvalue weighted by Gasteiger charge is 2.06. The second kappa shape index (κ2) is 8.30.